The Kier molecular flexibility index (Phi) is 8.07. The summed E-state index contributed by atoms with van der Waals surface area (Å²) < 4.78 is 7.08. The lowest BCUT2D eigenvalue weighted by Crippen LogP contribution is -3.00. The molecule has 1 aromatic heterocycles. The molecular formula is C27H35ClN4O3. The maximum Gasteiger partial charge on any atom is 0.317 e. The molecule has 0 spiro atoms. The van der Waals surface area contributed by atoms with Gasteiger partial charge in [-0.3, -0.25) is 9.59 Å². The normalized spacial score (nSPS) is 27.2. The van der Waals surface area contributed by atoms with Crippen molar-refractivity contribution >= 4 is 17.7 Å². The second-order valence-electron chi connectivity index (χ2n) is 10.4. The fraction of sp³-hybridized carbons (Fsp3) is 0.556. The van der Waals surface area contributed by atoms with Gasteiger partial charge in [0.05, 0.1) is 18.5 Å². The topological polar surface area (TPSA) is 81.2 Å². The van der Waals surface area contributed by atoms with E-state index in [1.807, 2.05) is 18.2 Å². The van der Waals surface area contributed by atoms with Gasteiger partial charge in [0.1, 0.15) is 18.7 Å². The van der Waals surface area contributed by atoms with E-state index >= 15 is 0 Å². The highest BCUT2D eigenvalue weighted by atomic mass is 35.5. The maximum absolute atomic E-state index is 13.9. The number of carbonyl (C=O) groups is 2. The van der Waals surface area contributed by atoms with Crippen LogP contribution in [0.4, 0.5) is 5.82 Å². The van der Waals surface area contributed by atoms with E-state index in [1.165, 1.54) is 19.2 Å². The highest BCUT2D eigenvalue weighted by Crippen LogP contribution is 2.42. The van der Waals surface area contributed by atoms with Gasteiger partial charge < -0.3 is 26.9 Å². The Morgan fingerprint density at radius 3 is 2.40 bits per heavy atom. The number of amides is 1. The number of halogens is 1. The quantitative estimate of drug-likeness (QED) is 0.363. The zero-order valence-electron chi connectivity index (χ0n) is 20.2. The summed E-state index contributed by atoms with van der Waals surface area (Å²) in [6.07, 6.45) is 11.1. The molecule has 0 radical (unpaired) electrons. The zero-order valence-corrected chi connectivity index (χ0v) is 21.0. The van der Waals surface area contributed by atoms with E-state index < -0.39 is 5.41 Å². The van der Waals surface area contributed by atoms with Crippen LogP contribution in [0.1, 0.15) is 56.9 Å². The predicted octanol–water partition coefficient (Wildman–Crippen LogP) is 0.864. The minimum absolute atomic E-state index is 0. The van der Waals surface area contributed by atoms with Gasteiger partial charge in [-0.05, 0) is 24.5 Å². The zero-order chi connectivity index (χ0) is 23.4. The number of quaternary nitrogens is 1. The van der Waals surface area contributed by atoms with Crippen LogP contribution in [0.3, 0.4) is 0 Å². The smallest absolute Gasteiger partial charge is 0.317 e. The number of benzene rings is 1. The summed E-state index contributed by atoms with van der Waals surface area (Å²) in [7, 11) is 0. The minimum atomic E-state index is -0.543. The summed E-state index contributed by atoms with van der Waals surface area (Å²) in [5.41, 5.74) is 0.551. The minimum Gasteiger partial charge on any atom is -1.00 e. The molecule has 4 fully saturated rings. The number of fused-ring (bicyclic) bond motifs is 3. The number of hydrogen-bond donors (Lipinski definition) is 1. The lowest BCUT2D eigenvalue weighted by molar-refractivity contribution is -0.939. The largest absolute Gasteiger partial charge is 1.00 e. The van der Waals surface area contributed by atoms with Gasteiger partial charge in [0.2, 0.25) is 0 Å². The highest BCUT2D eigenvalue weighted by Gasteiger charge is 2.51. The molecule has 4 aliphatic rings. The molecule has 6 rings (SSSR count). The van der Waals surface area contributed by atoms with Crippen LogP contribution in [0.5, 0.6) is 0 Å². The fourth-order valence-corrected chi connectivity index (χ4v) is 6.38. The molecular weight excluding hydrogens is 464 g/mol. The third-order valence-corrected chi connectivity index (χ3v) is 8.30. The summed E-state index contributed by atoms with van der Waals surface area (Å²) >= 11 is 0. The molecule has 1 amide bonds. The van der Waals surface area contributed by atoms with E-state index in [-0.39, 0.29) is 30.4 Å². The summed E-state index contributed by atoms with van der Waals surface area (Å²) in [5, 5.41) is 2.89. The standard InChI is InChI=1S/C27H34N4O3.ClH/c32-25(30-24-10-15-28-20-29-24)19-31-16-11-21(12-17-31)23(18-31)34-26(33)27(13-6-1-2-7-14-27)22-8-4-3-5-9-22;/h3-5,8-10,15,20-21,23H,1-2,6-7,11-14,16-19H2;1H/t21?,23-,31?;/m0./s1. The molecule has 35 heavy (non-hydrogen) atoms. The highest BCUT2D eigenvalue weighted by molar-refractivity contribution is 5.90. The van der Waals surface area contributed by atoms with Crippen molar-refractivity contribution in [3.05, 3.63) is 54.5 Å². The van der Waals surface area contributed by atoms with Gasteiger partial charge in [0, 0.05) is 25.0 Å². The summed E-state index contributed by atoms with van der Waals surface area (Å²) in [4.78, 5) is 34.7. The summed E-state index contributed by atoms with van der Waals surface area (Å²) in [6, 6.07) is 11.9. The monoisotopic (exact) mass is 498 g/mol. The van der Waals surface area contributed by atoms with Crippen molar-refractivity contribution in [2.75, 3.05) is 31.5 Å². The number of hydrogen-bond acceptors (Lipinski definition) is 5. The van der Waals surface area contributed by atoms with Gasteiger partial charge in [0.15, 0.2) is 12.6 Å². The average Bonchev–Trinajstić information content (AvgIpc) is 3.13. The van der Waals surface area contributed by atoms with Gasteiger partial charge in [-0.1, -0.05) is 56.0 Å². The SMILES string of the molecule is O=C(C[N+]12CCC(CC1)[C@@H](OC(=O)C1(c3ccccc3)CCCCCC1)C2)Nc1ccncn1.[Cl-]. The van der Waals surface area contributed by atoms with Gasteiger partial charge in [-0.2, -0.15) is 0 Å². The molecule has 0 unspecified atom stereocenters. The van der Waals surface area contributed by atoms with E-state index in [4.69, 9.17) is 4.74 Å². The summed E-state index contributed by atoms with van der Waals surface area (Å²) in [5.74, 6) is 0.815. The molecule has 8 heteroatoms. The van der Waals surface area contributed by atoms with E-state index in [0.717, 1.165) is 63.7 Å². The van der Waals surface area contributed by atoms with Crippen molar-refractivity contribution in [2.45, 2.75) is 62.9 Å². The molecule has 1 aliphatic carbocycles. The Morgan fingerprint density at radius 2 is 1.74 bits per heavy atom. The molecule has 3 aliphatic heterocycles. The van der Waals surface area contributed by atoms with Gasteiger partial charge in [0.25, 0.3) is 5.91 Å². The van der Waals surface area contributed by atoms with Crippen LogP contribution < -0.4 is 17.7 Å². The molecule has 2 bridgehead atoms. The first-order valence-electron chi connectivity index (χ1n) is 12.8. The number of anilines is 1. The van der Waals surface area contributed by atoms with E-state index in [2.05, 4.69) is 27.4 Å². The van der Waals surface area contributed by atoms with Crippen LogP contribution in [0.25, 0.3) is 0 Å². The van der Waals surface area contributed by atoms with Crippen LogP contribution in [-0.2, 0) is 19.7 Å². The number of nitrogens with one attached hydrogen (secondary N) is 1. The molecule has 2 aromatic rings. The van der Waals surface area contributed by atoms with Gasteiger partial charge >= 0.3 is 5.97 Å². The first-order valence-corrected chi connectivity index (χ1v) is 12.8. The predicted molar refractivity (Wildman–Crippen MR) is 129 cm³/mol. The Balaban J connectivity index is 0.00000289. The van der Waals surface area contributed by atoms with Crippen LogP contribution in [-0.4, -0.2) is 58.6 Å². The van der Waals surface area contributed by atoms with E-state index in [9.17, 15) is 9.59 Å². The van der Waals surface area contributed by atoms with Crippen LogP contribution in [0.15, 0.2) is 48.9 Å². The van der Waals surface area contributed by atoms with Crippen molar-refractivity contribution in [2.24, 2.45) is 5.92 Å². The molecule has 1 N–H and O–H groups in total. The third kappa shape index (κ3) is 5.51. The first kappa shape index (κ1) is 25.6. The third-order valence-electron chi connectivity index (χ3n) is 8.30. The molecule has 1 atom stereocenters. The first-order chi connectivity index (χ1) is 16.6. The number of piperidine rings is 3. The van der Waals surface area contributed by atoms with Crippen LogP contribution in [0.2, 0.25) is 0 Å². The molecule has 1 aromatic carbocycles. The van der Waals surface area contributed by atoms with Crippen molar-refractivity contribution in [3.8, 4) is 0 Å². The Hall–Kier alpha value is -2.51. The number of nitrogens with zero attached hydrogens (tertiary/aromatic N) is 3. The summed E-state index contributed by atoms with van der Waals surface area (Å²) in [6.45, 7) is 3.02. The van der Waals surface area contributed by atoms with Crippen molar-refractivity contribution in [3.63, 3.8) is 0 Å². The maximum atomic E-state index is 13.9. The lowest BCUT2D eigenvalue weighted by Gasteiger charge is -2.52. The molecule has 7 nitrogen and oxygen atoms in total. The number of aromatic nitrogens is 2. The Labute approximate surface area is 213 Å². The second kappa shape index (κ2) is 11.0. The molecule has 1 saturated carbocycles. The Bertz CT molecular complexity index is 988. The number of esters is 1. The number of ether oxygens (including phenoxy) is 1. The number of rotatable bonds is 6. The van der Waals surface area contributed by atoms with Crippen LogP contribution in [0, 0.1) is 5.92 Å². The van der Waals surface area contributed by atoms with Gasteiger partial charge in [-0.15, -0.1) is 0 Å². The van der Waals surface area contributed by atoms with Crippen molar-refractivity contribution in [1.29, 1.82) is 0 Å². The van der Waals surface area contributed by atoms with E-state index in [1.54, 1.807) is 12.3 Å². The molecule has 188 valence electrons. The van der Waals surface area contributed by atoms with Gasteiger partial charge in [-0.25, -0.2) is 9.97 Å². The fourth-order valence-electron chi connectivity index (χ4n) is 6.38. The van der Waals surface area contributed by atoms with Crippen LogP contribution >= 0.6 is 0 Å². The van der Waals surface area contributed by atoms with Crippen molar-refractivity contribution in [1.82, 2.24) is 9.97 Å². The second-order valence-corrected chi connectivity index (χ2v) is 10.4. The number of carbonyl (C=O) groups excluding carboxylic acids is 2. The average molecular weight is 499 g/mol. The van der Waals surface area contributed by atoms with Crippen molar-refractivity contribution < 1.29 is 31.2 Å². The van der Waals surface area contributed by atoms with E-state index in [0.29, 0.717) is 22.8 Å². The molecule has 3 saturated heterocycles. The lowest BCUT2D eigenvalue weighted by atomic mass is 9.74. The molecule has 4 heterocycles. The Morgan fingerprint density at radius 1 is 1.03 bits per heavy atom.